The minimum absolute atomic E-state index is 0.0311. The molecule has 0 aromatic carbocycles. The van der Waals surface area contributed by atoms with E-state index in [4.69, 9.17) is 0 Å². The molecule has 0 aromatic heterocycles. The van der Waals surface area contributed by atoms with Gasteiger partial charge in [-0.2, -0.15) is 0 Å². The van der Waals surface area contributed by atoms with Gasteiger partial charge in [0, 0.05) is 39.1 Å². The van der Waals surface area contributed by atoms with E-state index in [1.54, 1.807) is 0 Å². The number of hydrogen-bond acceptors (Lipinski definition) is 3. The van der Waals surface area contributed by atoms with E-state index in [2.05, 4.69) is 22.5 Å². The van der Waals surface area contributed by atoms with Gasteiger partial charge < -0.3 is 10.6 Å². The Morgan fingerprint density at radius 2 is 2.16 bits per heavy atom. The molecule has 1 fully saturated rings. The molecule has 2 unspecified atom stereocenters. The summed E-state index contributed by atoms with van der Waals surface area (Å²) in [5.41, 5.74) is 0. The first kappa shape index (κ1) is 16.3. The second kappa shape index (κ2) is 8.43. The summed E-state index contributed by atoms with van der Waals surface area (Å²) in [5, 5.41) is 5.71. The van der Waals surface area contributed by atoms with Gasteiger partial charge in [-0.15, -0.1) is 0 Å². The third-order valence-corrected chi connectivity index (χ3v) is 3.55. The van der Waals surface area contributed by atoms with Crippen LogP contribution in [0.5, 0.6) is 0 Å². The van der Waals surface area contributed by atoms with Crippen molar-refractivity contribution in [2.24, 2.45) is 5.92 Å². The molecule has 0 bridgehead atoms. The van der Waals surface area contributed by atoms with Gasteiger partial charge in [0.15, 0.2) is 0 Å². The summed E-state index contributed by atoms with van der Waals surface area (Å²) >= 11 is 0. The summed E-state index contributed by atoms with van der Waals surface area (Å²) in [4.78, 5) is 13.1. The van der Waals surface area contributed by atoms with Crippen LogP contribution in [0, 0.1) is 5.92 Å². The van der Waals surface area contributed by atoms with Gasteiger partial charge in [0.2, 0.25) is 5.91 Å². The first-order valence-electron chi connectivity index (χ1n) is 6.99. The zero-order valence-corrected chi connectivity index (χ0v) is 11.8. The Balaban J connectivity index is 2.36. The number of nitrogens with one attached hydrogen (secondary N) is 2. The van der Waals surface area contributed by atoms with Crippen LogP contribution in [-0.2, 0) is 4.79 Å². The Hall–Kier alpha value is -0.750. The van der Waals surface area contributed by atoms with E-state index in [1.165, 1.54) is 6.92 Å². The molecule has 0 saturated carbocycles. The molecule has 0 aliphatic carbocycles. The van der Waals surface area contributed by atoms with E-state index in [9.17, 15) is 13.6 Å². The summed E-state index contributed by atoms with van der Waals surface area (Å²) in [6.45, 7) is 6.56. The quantitative estimate of drug-likeness (QED) is 0.732. The fraction of sp³-hybridized carbons (Fsp3) is 0.923. The van der Waals surface area contributed by atoms with Crippen LogP contribution in [-0.4, -0.2) is 56.0 Å². The van der Waals surface area contributed by atoms with Crippen molar-refractivity contribution >= 4 is 5.91 Å². The number of halogens is 2. The normalized spacial score (nSPS) is 24.7. The number of amides is 1. The molecular formula is C13H25F2N3O. The monoisotopic (exact) mass is 277 g/mol. The number of nitrogens with zero attached hydrogens (tertiary/aromatic N) is 1. The molecule has 6 heteroatoms. The fourth-order valence-electron chi connectivity index (χ4n) is 2.57. The van der Waals surface area contributed by atoms with Crippen molar-refractivity contribution in [2.45, 2.75) is 39.2 Å². The smallest absolute Gasteiger partial charge is 0.250 e. The molecule has 112 valence electrons. The van der Waals surface area contributed by atoms with E-state index in [0.717, 1.165) is 32.5 Å². The Morgan fingerprint density at radius 1 is 1.42 bits per heavy atom. The van der Waals surface area contributed by atoms with Crippen LogP contribution in [0.1, 0.15) is 26.7 Å². The molecule has 1 amide bonds. The van der Waals surface area contributed by atoms with Crippen LogP contribution < -0.4 is 10.6 Å². The van der Waals surface area contributed by atoms with E-state index in [0.29, 0.717) is 12.5 Å². The lowest BCUT2D eigenvalue weighted by Gasteiger charge is -2.38. The first-order chi connectivity index (χ1) is 9.01. The Morgan fingerprint density at radius 3 is 2.74 bits per heavy atom. The van der Waals surface area contributed by atoms with E-state index < -0.39 is 6.43 Å². The molecule has 1 rings (SSSR count). The Labute approximate surface area is 113 Å². The van der Waals surface area contributed by atoms with Crippen molar-refractivity contribution in [3.05, 3.63) is 0 Å². The number of carbonyl (C=O) groups excluding carboxylic acids is 1. The van der Waals surface area contributed by atoms with Gasteiger partial charge in [-0.05, 0) is 12.3 Å². The number of alkyl halides is 2. The lowest BCUT2D eigenvalue weighted by atomic mass is 9.92. The van der Waals surface area contributed by atoms with E-state index >= 15 is 0 Å². The maximum absolute atomic E-state index is 12.2. The third kappa shape index (κ3) is 6.82. The van der Waals surface area contributed by atoms with Crippen molar-refractivity contribution in [3.63, 3.8) is 0 Å². The highest BCUT2D eigenvalue weighted by Gasteiger charge is 2.26. The van der Waals surface area contributed by atoms with Crippen molar-refractivity contribution in [1.29, 1.82) is 0 Å². The molecule has 0 spiro atoms. The van der Waals surface area contributed by atoms with Crippen molar-refractivity contribution < 1.29 is 13.6 Å². The van der Waals surface area contributed by atoms with Crippen LogP contribution in [0.2, 0.25) is 0 Å². The summed E-state index contributed by atoms with van der Waals surface area (Å²) in [6, 6.07) is 0.130. The number of carbonyl (C=O) groups is 1. The van der Waals surface area contributed by atoms with Gasteiger partial charge in [-0.1, -0.05) is 13.3 Å². The first-order valence-corrected chi connectivity index (χ1v) is 6.99. The van der Waals surface area contributed by atoms with Crippen molar-refractivity contribution in [2.75, 3.05) is 32.7 Å². The van der Waals surface area contributed by atoms with Crippen LogP contribution in [0.4, 0.5) is 8.78 Å². The lowest BCUT2D eigenvalue weighted by Crippen LogP contribution is -2.51. The summed E-state index contributed by atoms with van der Waals surface area (Å²) in [6.07, 6.45) is -0.279. The highest BCUT2D eigenvalue weighted by atomic mass is 19.3. The van der Waals surface area contributed by atoms with Gasteiger partial charge >= 0.3 is 0 Å². The minimum atomic E-state index is -2.30. The van der Waals surface area contributed by atoms with Gasteiger partial charge in [0.25, 0.3) is 6.43 Å². The van der Waals surface area contributed by atoms with Crippen molar-refractivity contribution in [1.82, 2.24) is 15.5 Å². The second-order valence-corrected chi connectivity index (χ2v) is 5.25. The van der Waals surface area contributed by atoms with Crippen molar-refractivity contribution in [3.8, 4) is 0 Å². The predicted molar refractivity (Wildman–Crippen MR) is 71.3 cm³/mol. The molecule has 0 radical (unpaired) electrons. The molecular weight excluding hydrogens is 252 g/mol. The van der Waals surface area contributed by atoms with Gasteiger partial charge in [-0.25, -0.2) is 8.78 Å². The van der Waals surface area contributed by atoms with Gasteiger partial charge in [0.1, 0.15) is 0 Å². The van der Waals surface area contributed by atoms with Crippen LogP contribution in [0.15, 0.2) is 0 Å². The lowest BCUT2D eigenvalue weighted by molar-refractivity contribution is -0.119. The highest BCUT2D eigenvalue weighted by Crippen LogP contribution is 2.19. The van der Waals surface area contributed by atoms with E-state index in [-0.39, 0.29) is 18.5 Å². The summed E-state index contributed by atoms with van der Waals surface area (Å²) in [5.74, 6) is 0.512. The largest absolute Gasteiger partial charge is 0.355 e. The standard InChI is InChI=1S/C13H25F2N3O/c1-3-11-6-12(17-7-13(14)15)9-18(8-11)5-4-16-10(2)19/h11-13,17H,3-9H2,1-2H3,(H,16,19). The van der Waals surface area contributed by atoms with Crippen LogP contribution in [0.3, 0.4) is 0 Å². The predicted octanol–water partition coefficient (Wildman–Crippen LogP) is 1.08. The van der Waals surface area contributed by atoms with Gasteiger partial charge in [-0.3, -0.25) is 9.69 Å². The molecule has 2 atom stereocenters. The summed E-state index contributed by atoms with van der Waals surface area (Å²) in [7, 11) is 0. The zero-order chi connectivity index (χ0) is 14.3. The Bertz CT molecular complexity index is 277. The average molecular weight is 277 g/mol. The fourth-order valence-corrected chi connectivity index (χ4v) is 2.57. The van der Waals surface area contributed by atoms with Gasteiger partial charge in [0.05, 0.1) is 6.54 Å². The average Bonchev–Trinajstić information content (AvgIpc) is 2.35. The number of rotatable bonds is 7. The molecule has 1 aliphatic rings. The maximum atomic E-state index is 12.2. The minimum Gasteiger partial charge on any atom is -0.355 e. The molecule has 4 nitrogen and oxygen atoms in total. The SMILES string of the molecule is CCC1CC(NCC(F)F)CN(CCNC(C)=O)C1. The highest BCUT2D eigenvalue weighted by molar-refractivity contribution is 5.72. The Kier molecular flexibility index (Phi) is 7.23. The third-order valence-electron chi connectivity index (χ3n) is 3.55. The molecule has 0 aromatic rings. The summed E-state index contributed by atoms with van der Waals surface area (Å²) < 4.78 is 24.5. The van der Waals surface area contributed by atoms with Crippen LogP contribution >= 0.6 is 0 Å². The molecule has 19 heavy (non-hydrogen) atoms. The molecule has 1 heterocycles. The number of piperidine rings is 1. The van der Waals surface area contributed by atoms with Crippen LogP contribution in [0.25, 0.3) is 0 Å². The second-order valence-electron chi connectivity index (χ2n) is 5.25. The molecule has 2 N–H and O–H groups in total. The number of hydrogen-bond donors (Lipinski definition) is 2. The zero-order valence-electron chi connectivity index (χ0n) is 11.8. The molecule has 1 saturated heterocycles. The number of likely N-dealkylation sites (tertiary alicyclic amines) is 1. The van der Waals surface area contributed by atoms with E-state index in [1.807, 2.05) is 0 Å². The molecule has 1 aliphatic heterocycles. The maximum Gasteiger partial charge on any atom is 0.250 e. The topological polar surface area (TPSA) is 44.4 Å².